The summed E-state index contributed by atoms with van der Waals surface area (Å²) < 4.78 is 4.13. The summed E-state index contributed by atoms with van der Waals surface area (Å²) in [4.78, 5) is 2.56. The summed E-state index contributed by atoms with van der Waals surface area (Å²) in [5.41, 5.74) is 5.36. The van der Waals surface area contributed by atoms with Gasteiger partial charge in [0.05, 0.1) is 5.00 Å². The highest BCUT2D eigenvalue weighted by atomic mass is 32.1. The minimum Gasteiger partial charge on any atom is -0.367 e. The van der Waals surface area contributed by atoms with Crippen molar-refractivity contribution in [1.82, 2.24) is 0 Å². The van der Waals surface area contributed by atoms with E-state index in [9.17, 15) is 0 Å². The quantitative estimate of drug-likeness (QED) is 0.260. The second-order valence-electron chi connectivity index (χ2n) is 8.13. The molecule has 32 heavy (non-hydrogen) atoms. The molecule has 0 radical (unpaired) electrons. The molecule has 0 saturated carbocycles. The largest absolute Gasteiger partial charge is 0.367 e. The first-order valence-corrected chi connectivity index (χ1v) is 12.5. The van der Waals surface area contributed by atoms with Crippen LogP contribution in [0.4, 0.5) is 10.7 Å². The molecule has 0 saturated heterocycles. The van der Waals surface area contributed by atoms with E-state index in [4.69, 9.17) is 0 Å². The highest BCUT2D eigenvalue weighted by Crippen LogP contribution is 2.52. The molecule has 4 heteroatoms. The van der Waals surface area contributed by atoms with Gasteiger partial charge in [-0.15, -0.1) is 22.7 Å². The van der Waals surface area contributed by atoms with E-state index in [0.29, 0.717) is 0 Å². The molecule has 0 bridgehead atoms. The van der Waals surface area contributed by atoms with Crippen molar-refractivity contribution in [2.24, 2.45) is 0 Å². The number of para-hydroxylation sites is 1. The van der Waals surface area contributed by atoms with Crippen LogP contribution in [0, 0.1) is 0 Å². The van der Waals surface area contributed by atoms with Gasteiger partial charge in [-0.05, 0) is 35.1 Å². The molecule has 4 aromatic carbocycles. The Hall–Kier alpha value is -3.34. The molecule has 0 fully saturated rings. The Kier molecular flexibility index (Phi) is 4.05. The molecule has 0 N–H and O–H groups in total. The molecule has 1 nitrogen and oxygen atoms in total. The third-order valence-corrected chi connectivity index (χ3v) is 8.72. The predicted molar refractivity (Wildman–Crippen MR) is 143 cm³/mol. The van der Waals surface area contributed by atoms with Crippen molar-refractivity contribution < 1.29 is 0 Å². The van der Waals surface area contributed by atoms with E-state index in [1.807, 2.05) is 22.7 Å². The van der Waals surface area contributed by atoms with Crippen molar-refractivity contribution in [3.63, 3.8) is 0 Å². The summed E-state index contributed by atoms with van der Waals surface area (Å²) >= 11 is 3.85. The molecule has 0 spiro atoms. The number of hydrogen-bond acceptors (Lipinski definition) is 3. The maximum absolute atomic E-state index is 2.56. The van der Waals surface area contributed by atoms with E-state index < -0.39 is 0 Å². The zero-order valence-electron chi connectivity index (χ0n) is 17.2. The van der Waals surface area contributed by atoms with Crippen LogP contribution in [0.1, 0.15) is 0 Å². The SMILES string of the molecule is c1ccc(B2c3sc4ccccc4c3-c3c(sc4ccccc34)N2c2ccccc2)cc1. The summed E-state index contributed by atoms with van der Waals surface area (Å²) in [6, 6.07) is 39.6. The number of nitrogens with zero attached hydrogens (tertiary/aromatic N) is 1. The second kappa shape index (κ2) is 7.09. The molecular weight excluding hydrogens is 425 g/mol. The van der Waals surface area contributed by atoms with Crippen molar-refractivity contribution in [1.29, 1.82) is 0 Å². The summed E-state index contributed by atoms with van der Waals surface area (Å²) in [5, 5.41) is 4.05. The lowest BCUT2D eigenvalue weighted by Gasteiger charge is -2.35. The lowest BCUT2D eigenvalue weighted by molar-refractivity contribution is 1.42. The molecular formula is C28H18BNS2. The van der Waals surface area contributed by atoms with E-state index in [1.54, 1.807) is 0 Å². The van der Waals surface area contributed by atoms with Gasteiger partial charge in [-0.25, -0.2) is 0 Å². The molecule has 150 valence electrons. The normalized spacial score (nSPS) is 12.9. The van der Waals surface area contributed by atoms with Crippen LogP contribution in [0.3, 0.4) is 0 Å². The zero-order valence-corrected chi connectivity index (χ0v) is 18.9. The molecule has 0 aliphatic carbocycles. The molecule has 2 aromatic heterocycles. The Morgan fingerprint density at radius 2 is 1.09 bits per heavy atom. The Balaban J connectivity index is 1.65. The summed E-state index contributed by atoms with van der Waals surface area (Å²) in [7, 11) is 0. The summed E-state index contributed by atoms with van der Waals surface area (Å²) in [5.74, 6) is 0. The fraction of sp³-hybridized carbons (Fsp3) is 0. The minimum atomic E-state index is 0.145. The van der Waals surface area contributed by atoms with E-state index in [-0.39, 0.29) is 6.85 Å². The first-order chi connectivity index (χ1) is 15.9. The number of thiophene rings is 2. The molecule has 7 rings (SSSR count). The average molecular weight is 443 g/mol. The fourth-order valence-corrected chi connectivity index (χ4v) is 7.57. The van der Waals surface area contributed by atoms with Crippen LogP contribution in [-0.4, -0.2) is 6.85 Å². The van der Waals surface area contributed by atoms with Crippen LogP contribution >= 0.6 is 22.7 Å². The van der Waals surface area contributed by atoms with E-state index in [0.717, 1.165) is 0 Å². The number of fused-ring (bicyclic) bond motifs is 7. The molecule has 3 heterocycles. The van der Waals surface area contributed by atoms with Crippen molar-refractivity contribution in [3.8, 4) is 11.1 Å². The minimum absolute atomic E-state index is 0.145. The predicted octanol–water partition coefficient (Wildman–Crippen LogP) is 7.04. The van der Waals surface area contributed by atoms with Crippen LogP contribution in [0.5, 0.6) is 0 Å². The smallest absolute Gasteiger partial charge is 0.339 e. The second-order valence-corrected chi connectivity index (χ2v) is 10.2. The van der Waals surface area contributed by atoms with Crippen LogP contribution in [0.2, 0.25) is 0 Å². The fourth-order valence-electron chi connectivity index (χ4n) is 4.98. The Morgan fingerprint density at radius 3 is 1.81 bits per heavy atom. The van der Waals surface area contributed by atoms with Crippen LogP contribution in [0.25, 0.3) is 31.3 Å². The van der Waals surface area contributed by atoms with Gasteiger partial charge >= 0.3 is 6.85 Å². The zero-order chi connectivity index (χ0) is 21.1. The standard InChI is InChI=1S/C28H18BNS2/c1-3-11-19(12-4-1)29-27-25(21-15-7-9-17-23(21)31-27)26-22-16-8-10-18-24(22)32-28(26)30(29)20-13-5-2-6-14-20/h1-18H. The Morgan fingerprint density at radius 1 is 0.531 bits per heavy atom. The molecule has 0 atom stereocenters. The van der Waals surface area contributed by atoms with Crippen LogP contribution in [0.15, 0.2) is 109 Å². The first kappa shape index (κ1) is 18.3. The Bertz CT molecular complexity index is 1460. The van der Waals surface area contributed by atoms with Gasteiger partial charge in [0.1, 0.15) is 0 Å². The van der Waals surface area contributed by atoms with E-state index in [1.165, 1.54) is 52.2 Å². The molecule has 1 aliphatic rings. The van der Waals surface area contributed by atoms with Gasteiger partial charge < -0.3 is 4.81 Å². The molecule has 0 amide bonds. The molecule has 1 aliphatic heterocycles. The molecule has 0 unspecified atom stereocenters. The Labute approximate surface area is 195 Å². The number of hydrogen-bond donors (Lipinski definition) is 0. The monoisotopic (exact) mass is 443 g/mol. The average Bonchev–Trinajstić information content (AvgIpc) is 3.42. The first-order valence-electron chi connectivity index (χ1n) is 10.8. The van der Waals surface area contributed by atoms with Gasteiger partial charge in [0.15, 0.2) is 0 Å². The number of rotatable bonds is 2. The van der Waals surface area contributed by atoms with Gasteiger partial charge in [0.2, 0.25) is 0 Å². The van der Waals surface area contributed by atoms with Gasteiger partial charge in [-0.3, -0.25) is 0 Å². The highest BCUT2D eigenvalue weighted by Gasteiger charge is 2.41. The highest BCUT2D eigenvalue weighted by molar-refractivity contribution is 7.33. The topological polar surface area (TPSA) is 3.24 Å². The lowest BCUT2D eigenvalue weighted by atomic mass is 9.50. The number of benzene rings is 4. The maximum atomic E-state index is 2.56. The third kappa shape index (κ3) is 2.57. The van der Waals surface area contributed by atoms with Gasteiger partial charge in [-0.1, -0.05) is 84.9 Å². The van der Waals surface area contributed by atoms with Crippen molar-refractivity contribution in [2.45, 2.75) is 0 Å². The summed E-state index contributed by atoms with van der Waals surface area (Å²) in [6.07, 6.45) is 0. The number of anilines is 2. The van der Waals surface area contributed by atoms with Gasteiger partial charge in [0, 0.05) is 36.4 Å². The van der Waals surface area contributed by atoms with Gasteiger partial charge in [0.25, 0.3) is 0 Å². The van der Waals surface area contributed by atoms with Crippen LogP contribution in [-0.2, 0) is 0 Å². The summed E-state index contributed by atoms with van der Waals surface area (Å²) in [6.45, 7) is 0.145. The lowest BCUT2D eigenvalue weighted by Crippen LogP contribution is -2.55. The van der Waals surface area contributed by atoms with Crippen molar-refractivity contribution in [2.75, 3.05) is 4.81 Å². The van der Waals surface area contributed by atoms with Crippen molar-refractivity contribution in [3.05, 3.63) is 109 Å². The maximum Gasteiger partial charge on any atom is 0.339 e. The van der Waals surface area contributed by atoms with Crippen molar-refractivity contribution >= 4 is 70.6 Å². The van der Waals surface area contributed by atoms with Gasteiger partial charge in [-0.2, -0.15) is 0 Å². The molecule has 6 aromatic rings. The van der Waals surface area contributed by atoms with E-state index >= 15 is 0 Å². The third-order valence-electron chi connectivity index (χ3n) is 6.32. The van der Waals surface area contributed by atoms with Crippen LogP contribution < -0.4 is 15.1 Å². The van der Waals surface area contributed by atoms with E-state index in [2.05, 4.69) is 114 Å².